The Morgan fingerprint density at radius 3 is 1.62 bits per heavy atom. The van der Waals surface area contributed by atoms with Crippen LogP contribution in [0.5, 0.6) is 11.5 Å². The van der Waals surface area contributed by atoms with Crippen LogP contribution in [0.3, 0.4) is 0 Å². The van der Waals surface area contributed by atoms with E-state index in [4.69, 9.17) is 43.0 Å². The first-order valence-electron chi connectivity index (χ1n) is 21.7. The fraction of sp³-hybridized carbons (Fsp3) is 0.208. The first-order valence-corrected chi connectivity index (χ1v) is 22.6. The molecule has 2 N–H and O–H groups in total. The number of hydrogen-bond acceptors (Lipinski definition) is 14. The average molecular weight is 956 g/mol. The van der Waals surface area contributed by atoms with E-state index >= 15 is 4.39 Å². The van der Waals surface area contributed by atoms with Crippen LogP contribution in [0.2, 0.25) is 0 Å². The lowest BCUT2D eigenvalue weighted by atomic mass is 9.77. The number of rotatable bonds is 26. The van der Waals surface area contributed by atoms with E-state index < -0.39 is 60.5 Å². The minimum atomic E-state index is -1.90. The summed E-state index contributed by atoms with van der Waals surface area (Å²) < 4.78 is 54.9. The van der Waals surface area contributed by atoms with E-state index in [1.165, 1.54) is 25.7 Å². The number of aliphatic carboxylic acids is 1. The second-order valence-corrected chi connectivity index (χ2v) is 15.9. The summed E-state index contributed by atoms with van der Waals surface area (Å²) in [5.74, 6) is -4.23. The third-order valence-electron chi connectivity index (χ3n) is 10.6. The normalized spacial score (nSPS) is 12.0. The summed E-state index contributed by atoms with van der Waals surface area (Å²) in [6, 6.07) is 49.7. The van der Waals surface area contributed by atoms with Gasteiger partial charge in [-0.2, -0.15) is 0 Å². The number of carboxylic acids is 1. The summed E-state index contributed by atoms with van der Waals surface area (Å²) in [4.78, 5) is 38.7. The molecule has 0 radical (unpaired) electrons. The molecule has 0 amide bonds. The first-order chi connectivity index (χ1) is 33.8. The summed E-state index contributed by atoms with van der Waals surface area (Å²) in [5.41, 5.74) is 2.05. The molecular formula is C53H50FN3O11S. The molecule has 6 aromatic carbocycles. The average Bonchev–Trinajstić information content (AvgIpc) is 3.85. The van der Waals surface area contributed by atoms with Gasteiger partial charge < -0.3 is 48.4 Å². The molecular weight excluding hydrogens is 906 g/mol. The van der Waals surface area contributed by atoms with E-state index in [-0.39, 0.29) is 43.4 Å². The van der Waals surface area contributed by atoms with Crippen LogP contribution < -0.4 is 14.8 Å². The molecule has 0 aliphatic heterocycles. The van der Waals surface area contributed by atoms with Gasteiger partial charge in [-0.05, 0) is 39.9 Å². The molecule has 1 unspecified atom stereocenters. The van der Waals surface area contributed by atoms with Crippen molar-refractivity contribution >= 4 is 34.1 Å². The fourth-order valence-electron chi connectivity index (χ4n) is 7.32. The van der Waals surface area contributed by atoms with Gasteiger partial charge in [0.05, 0.1) is 32.0 Å². The number of esters is 1. The molecule has 0 aliphatic rings. The number of thiazole rings is 1. The quantitative estimate of drug-likeness (QED) is 0.0132. The van der Waals surface area contributed by atoms with E-state index in [2.05, 4.69) is 10.5 Å². The number of methoxy groups -OCH3 is 2. The molecule has 1 atom stereocenters. The van der Waals surface area contributed by atoms with Gasteiger partial charge in [0.2, 0.25) is 11.5 Å². The highest BCUT2D eigenvalue weighted by Gasteiger charge is 2.38. The highest BCUT2D eigenvalue weighted by atomic mass is 32.1. The molecule has 7 aromatic rings. The SMILES string of the molecule is COCCOCOc1c(F)ccc(C(ON=C(C(=O)O)c2csc(NC(c3ccccc3)(c3ccccc3)c3ccccc3)n2)C(=O)OC(c2ccccc2)c2ccccc2)c1OCOCCOC. The van der Waals surface area contributed by atoms with Crippen molar-refractivity contribution in [2.24, 2.45) is 5.16 Å². The summed E-state index contributed by atoms with van der Waals surface area (Å²) in [6.45, 7) is -0.197. The Balaban J connectivity index is 1.30. The van der Waals surface area contributed by atoms with Crippen LogP contribution in [-0.2, 0) is 43.6 Å². The number of hydrogen-bond donors (Lipinski definition) is 2. The molecule has 356 valence electrons. The van der Waals surface area contributed by atoms with Crippen LogP contribution in [-0.4, -0.2) is 82.0 Å². The molecule has 0 aliphatic carbocycles. The molecule has 1 heterocycles. The van der Waals surface area contributed by atoms with Crippen LogP contribution in [0, 0.1) is 5.82 Å². The maximum atomic E-state index is 15.8. The molecule has 0 saturated heterocycles. The molecule has 14 nitrogen and oxygen atoms in total. The third kappa shape index (κ3) is 12.6. The van der Waals surface area contributed by atoms with Crippen molar-refractivity contribution in [3.05, 3.63) is 214 Å². The van der Waals surface area contributed by atoms with Gasteiger partial charge in [0.15, 0.2) is 36.4 Å². The third-order valence-corrected chi connectivity index (χ3v) is 11.3. The second kappa shape index (κ2) is 25.1. The molecule has 16 heteroatoms. The van der Waals surface area contributed by atoms with Gasteiger partial charge in [0.1, 0.15) is 11.2 Å². The van der Waals surface area contributed by atoms with Crippen LogP contribution >= 0.6 is 11.3 Å². The number of aromatic nitrogens is 1. The zero-order valence-corrected chi connectivity index (χ0v) is 38.6. The van der Waals surface area contributed by atoms with Crippen molar-refractivity contribution in [2.75, 3.05) is 59.5 Å². The molecule has 0 spiro atoms. The molecule has 0 bridgehead atoms. The maximum Gasteiger partial charge on any atom is 0.360 e. The molecule has 0 fully saturated rings. The summed E-state index contributed by atoms with van der Waals surface area (Å²) >= 11 is 1.15. The second-order valence-electron chi connectivity index (χ2n) is 15.0. The predicted octanol–water partition coefficient (Wildman–Crippen LogP) is 9.56. The van der Waals surface area contributed by atoms with Crippen molar-refractivity contribution in [3.8, 4) is 11.5 Å². The van der Waals surface area contributed by atoms with E-state index in [1.54, 1.807) is 48.5 Å². The van der Waals surface area contributed by atoms with Gasteiger partial charge in [-0.15, -0.1) is 11.3 Å². The van der Waals surface area contributed by atoms with Gasteiger partial charge >= 0.3 is 11.9 Å². The highest BCUT2D eigenvalue weighted by Crippen LogP contribution is 2.42. The lowest BCUT2D eigenvalue weighted by Crippen LogP contribution is -2.38. The Morgan fingerprint density at radius 2 is 1.14 bits per heavy atom. The van der Waals surface area contributed by atoms with Gasteiger partial charge in [0.25, 0.3) is 6.10 Å². The number of oxime groups is 1. The summed E-state index contributed by atoms with van der Waals surface area (Å²) in [5, 5.41) is 20.3. The number of anilines is 1. The van der Waals surface area contributed by atoms with Crippen LogP contribution in [0.1, 0.15) is 51.3 Å². The number of ether oxygens (including phenoxy) is 7. The van der Waals surface area contributed by atoms with E-state index in [1.807, 2.05) is 103 Å². The van der Waals surface area contributed by atoms with Crippen LogP contribution in [0.25, 0.3) is 0 Å². The van der Waals surface area contributed by atoms with Crippen molar-refractivity contribution in [2.45, 2.75) is 17.7 Å². The van der Waals surface area contributed by atoms with E-state index in [9.17, 15) is 14.7 Å². The minimum Gasteiger partial charge on any atom is -0.476 e. The topological polar surface area (TPSA) is 165 Å². The molecule has 7 rings (SSSR count). The summed E-state index contributed by atoms with van der Waals surface area (Å²) in [6.07, 6.45) is -2.88. The smallest absolute Gasteiger partial charge is 0.360 e. The lowest BCUT2D eigenvalue weighted by molar-refractivity contribution is -0.162. The van der Waals surface area contributed by atoms with Gasteiger partial charge in [-0.3, -0.25) is 0 Å². The van der Waals surface area contributed by atoms with Crippen molar-refractivity contribution in [1.82, 2.24) is 4.98 Å². The van der Waals surface area contributed by atoms with Crippen LogP contribution in [0.4, 0.5) is 9.52 Å². The Morgan fingerprint density at radius 1 is 0.667 bits per heavy atom. The Labute approximate surface area is 402 Å². The predicted molar refractivity (Wildman–Crippen MR) is 257 cm³/mol. The Kier molecular flexibility index (Phi) is 17.9. The molecule has 69 heavy (non-hydrogen) atoms. The van der Waals surface area contributed by atoms with Crippen molar-refractivity contribution in [1.29, 1.82) is 0 Å². The number of carboxylic acid groups (broad SMARTS) is 1. The Hall–Kier alpha value is -7.47. The van der Waals surface area contributed by atoms with E-state index in [0.29, 0.717) is 16.3 Å². The number of carbonyl (C=O) groups is 2. The van der Waals surface area contributed by atoms with Crippen LogP contribution in [0.15, 0.2) is 174 Å². The summed E-state index contributed by atoms with van der Waals surface area (Å²) in [7, 11) is 3.00. The van der Waals surface area contributed by atoms with Crippen molar-refractivity contribution in [3.63, 3.8) is 0 Å². The minimum absolute atomic E-state index is 0.0870. The van der Waals surface area contributed by atoms with Gasteiger partial charge in [-0.25, -0.2) is 19.0 Å². The van der Waals surface area contributed by atoms with E-state index in [0.717, 1.165) is 34.1 Å². The van der Waals surface area contributed by atoms with Gasteiger partial charge in [0, 0.05) is 19.6 Å². The highest BCUT2D eigenvalue weighted by molar-refractivity contribution is 7.14. The number of benzene rings is 6. The standard InChI is InChI=1S/C53H50FN3O11S/c1-61-30-32-63-35-65-47-42(28-29-43(54)49(47)66-36-64-33-31-62-2)48(51(60)67-46(37-18-8-3-9-19-37)38-20-10-4-11-21-38)68-57-45(50(58)59)44-34-69-52(55-44)56-53(39-22-12-5-13-23-39,40-24-14-6-15-25-40)41-26-16-7-17-27-41/h3-29,34,46,48H,30-33,35-36H2,1-2H3,(H,55,56)(H,58,59). The number of nitrogens with zero attached hydrogens (tertiary/aromatic N) is 2. The molecule has 0 saturated carbocycles. The number of nitrogens with one attached hydrogen (secondary N) is 1. The number of halogens is 1. The first kappa shape index (κ1) is 49.4. The van der Waals surface area contributed by atoms with Gasteiger partial charge in [-0.1, -0.05) is 157 Å². The zero-order chi connectivity index (χ0) is 48.3. The monoisotopic (exact) mass is 955 g/mol. The molecule has 1 aromatic heterocycles. The zero-order valence-electron chi connectivity index (χ0n) is 37.8. The largest absolute Gasteiger partial charge is 0.476 e. The Bertz CT molecular complexity index is 2580. The maximum absolute atomic E-state index is 15.8. The lowest BCUT2D eigenvalue weighted by Gasteiger charge is -2.36. The van der Waals surface area contributed by atoms with Crippen molar-refractivity contribution < 1.29 is 57.1 Å². The fourth-order valence-corrected chi connectivity index (χ4v) is 8.07. The number of carbonyl (C=O) groups excluding carboxylic acids is 1.